The number of fused-ring (bicyclic) bond motifs is 1. The minimum absolute atomic E-state index is 0. The number of hydrogen-bond donors (Lipinski definition) is 1. The molecule has 1 N–H and O–H groups in total. The van der Waals surface area contributed by atoms with Gasteiger partial charge >= 0.3 is 0 Å². The Hall–Kier alpha value is -1.01. The summed E-state index contributed by atoms with van der Waals surface area (Å²) < 4.78 is 5.40. The number of nitrogens with zero attached hydrogens (tertiary/aromatic N) is 3. The molecule has 7 heteroatoms. The van der Waals surface area contributed by atoms with E-state index in [-0.39, 0.29) is 31.4 Å². The standard InChI is InChI=1S/C13H17N3O2.2ClH/c17-9-8-15-4-6-16(7-5-15)13-11-2-10-18-12(11)1-3-14-13;;/h1-3,10,17H,4-9H2;2*1H. The van der Waals surface area contributed by atoms with Gasteiger partial charge in [-0.05, 0) is 12.1 Å². The molecule has 3 rings (SSSR count). The highest BCUT2D eigenvalue weighted by Gasteiger charge is 2.19. The second kappa shape index (κ2) is 7.69. The van der Waals surface area contributed by atoms with Gasteiger partial charge in [0, 0.05) is 38.9 Å². The molecule has 3 heterocycles. The molecule has 0 spiro atoms. The average molecular weight is 320 g/mol. The zero-order valence-electron chi connectivity index (χ0n) is 11.1. The predicted octanol–water partition coefficient (Wildman–Crippen LogP) is 1.79. The zero-order valence-corrected chi connectivity index (χ0v) is 12.7. The third-order valence-corrected chi connectivity index (χ3v) is 3.45. The molecule has 5 nitrogen and oxygen atoms in total. The van der Waals surface area contributed by atoms with Crippen molar-refractivity contribution in [1.29, 1.82) is 0 Å². The molecule has 0 saturated carbocycles. The number of β-amino-alcohol motifs (C(OH)–C–C–N with tert-alkyl or cyclic N) is 1. The van der Waals surface area contributed by atoms with Crippen molar-refractivity contribution in [2.45, 2.75) is 0 Å². The van der Waals surface area contributed by atoms with E-state index in [4.69, 9.17) is 9.52 Å². The van der Waals surface area contributed by atoms with Crippen LogP contribution in [-0.2, 0) is 0 Å². The van der Waals surface area contributed by atoms with Crippen LogP contribution in [0.5, 0.6) is 0 Å². The molecule has 1 aliphatic heterocycles. The molecule has 1 aliphatic rings. The van der Waals surface area contributed by atoms with E-state index >= 15 is 0 Å². The highest BCUT2D eigenvalue weighted by atomic mass is 35.5. The summed E-state index contributed by atoms with van der Waals surface area (Å²) in [6, 6.07) is 3.86. The fraction of sp³-hybridized carbons (Fsp3) is 0.462. The molecule has 0 aliphatic carbocycles. The van der Waals surface area contributed by atoms with Crippen molar-refractivity contribution in [3.63, 3.8) is 0 Å². The van der Waals surface area contributed by atoms with Crippen LogP contribution in [0.15, 0.2) is 29.0 Å². The number of furan rings is 1. The molecule has 0 unspecified atom stereocenters. The predicted molar refractivity (Wildman–Crippen MR) is 84.2 cm³/mol. The normalized spacial score (nSPS) is 15.8. The van der Waals surface area contributed by atoms with Crippen LogP contribution in [0.2, 0.25) is 0 Å². The van der Waals surface area contributed by atoms with Crippen LogP contribution in [0.3, 0.4) is 0 Å². The second-order valence-corrected chi connectivity index (χ2v) is 4.52. The van der Waals surface area contributed by atoms with Crippen molar-refractivity contribution in [2.75, 3.05) is 44.2 Å². The molecule has 2 aromatic heterocycles. The Bertz CT molecular complexity index is 527. The average Bonchev–Trinajstić information content (AvgIpc) is 2.88. The van der Waals surface area contributed by atoms with Crippen LogP contribution in [-0.4, -0.2) is 54.3 Å². The highest BCUT2D eigenvalue weighted by molar-refractivity contribution is 5.88. The van der Waals surface area contributed by atoms with Crippen LogP contribution in [0.4, 0.5) is 5.82 Å². The molecule has 112 valence electrons. The summed E-state index contributed by atoms with van der Waals surface area (Å²) in [5.41, 5.74) is 0.887. The Morgan fingerprint density at radius 1 is 1.15 bits per heavy atom. The van der Waals surface area contributed by atoms with Crippen LogP contribution in [0.1, 0.15) is 0 Å². The summed E-state index contributed by atoms with van der Waals surface area (Å²) in [4.78, 5) is 9.03. The minimum Gasteiger partial charge on any atom is -0.464 e. The summed E-state index contributed by atoms with van der Waals surface area (Å²) in [6.07, 6.45) is 3.50. The van der Waals surface area contributed by atoms with Gasteiger partial charge in [-0.2, -0.15) is 0 Å². The maximum Gasteiger partial charge on any atom is 0.139 e. The number of piperazine rings is 1. The Morgan fingerprint density at radius 2 is 1.90 bits per heavy atom. The third-order valence-electron chi connectivity index (χ3n) is 3.45. The first-order valence-corrected chi connectivity index (χ1v) is 6.29. The number of aromatic nitrogens is 1. The molecule has 1 fully saturated rings. The number of aliphatic hydroxyl groups excluding tert-OH is 1. The van der Waals surface area contributed by atoms with Gasteiger partial charge < -0.3 is 14.4 Å². The number of pyridine rings is 1. The number of anilines is 1. The van der Waals surface area contributed by atoms with Gasteiger partial charge in [0.2, 0.25) is 0 Å². The van der Waals surface area contributed by atoms with Crippen molar-refractivity contribution in [1.82, 2.24) is 9.88 Å². The summed E-state index contributed by atoms with van der Waals surface area (Å²) >= 11 is 0. The zero-order chi connectivity index (χ0) is 12.4. The first-order chi connectivity index (χ1) is 8.88. The van der Waals surface area contributed by atoms with Crippen LogP contribution in [0, 0.1) is 0 Å². The number of aliphatic hydroxyl groups is 1. The first-order valence-electron chi connectivity index (χ1n) is 6.29. The Balaban J connectivity index is 0.000001000. The molecule has 20 heavy (non-hydrogen) atoms. The summed E-state index contributed by atoms with van der Waals surface area (Å²) in [5.74, 6) is 1.00. The fourth-order valence-electron chi connectivity index (χ4n) is 2.46. The largest absolute Gasteiger partial charge is 0.464 e. The lowest BCUT2D eigenvalue weighted by Crippen LogP contribution is -2.47. The molecule has 0 radical (unpaired) electrons. The molecule has 1 saturated heterocycles. The van der Waals surface area contributed by atoms with Crippen molar-refractivity contribution in [3.05, 3.63) is 24.6 Å². The van der Waals surface area contributed by atoms with Crippen molar-refractivity contribution in [3.8, 4) is 0 Å². The maximum atomic E-state index is 8.93. The number of halogens is 2. The lowest BCUT2D eigenvalue weighted by molar-refractivity contribution is 0.188. The Kier molecular flexibility index (Phi) is 6.55. The van der Waals surface area contributed by atoms with Crippen LogP contribution in [0.25, 0.3) is 11.0 Å². The molecular formula is C13H19Cl2N3O2. The van der Waals surface area contributed by atoms with E-state index < -0.39 is 0 Å². The Morgan fingerprint density at radius 3 is 2.60 bits per heavy atom. The van der Waals surface area contributed by atoms with E-state index in [0.29, 0.717) is 0 Å². The van der Waals surface area contributed by atoms with Crippen molar-refractivity contribution in [2.24, 2.45) is 0 Å². The lowest BCUT2D eigenvalue weighted by atomic mass is 10.2. The van der Waals surface area contributed by atoms with Gasteiger partial charge in [-0.15, -0.1) is 24.8 Å². The SMILES string of the molecule is Cl.Cl.OCCN1CCN(c2nccc3occc23)CC1. The molecule has 0 bridgehead atoms. The maximum absolute atomic E-state index is 8.93. The van der Waals surface area contributed by atoms with Crippen molar-refractivity contribution < 1.29 is 9.52 Å². The molecular weight excluding hydrogens is 301 g/mol. The van der Waals surface area contributed by atoms with Gasteiger partial charge in [0.25, 0.3) is 0 Å². The van der Waals surface area contributed by atoms with E-state index in [1.165, 1.54) is 0 Å². The van der Waals surface area contributed by atoms with Gasteiger partial charge in [0.1, 0.15) is 11.4 Å². The molecule has 0 aromatic carbocycles. The van der Waals surface area contributed by atoms with Crippen molar-refractivity contribution >= 4 is 41.6 Å². The Labute approximate surface area is 130 Å². The van der Waals surface area contributed by atoms with Crippen LogP contribution >= 0.6 is 24.8 Å². The molecule has 0 atom stereocenters. The third kappa shape index (κ3) is 3.35. The summed E-state index contributed by atoms with van der Waals surface area (Å²) in [6.45, 7) is 4.81. The van der Waals surface area contributed by atoms with E-state index in [2.05, 4.69) is 14.8 Å². The summed E-state index contributed by atoms with van der Waals surface area (Å²) in [7, 11) is 0. The van der Waals surface area contributed by atoms with E-state index in [1.807, 2.05) is 12.1 Å². The fourth-order valence-corrected chi connectivity index (χ4v) is 2.46. The van der Waals surface area contributed by atoms with Gasteiger partial charge in [-0.25, -0.2) is 4.98 Å². The van der Waals surface area contributed by atoms with E-state index in [1.54, 1.807) is 12.5 Å². The van der Waals surface area contributed by atoms with Gasteiger partial charge in [-0.1, -0.05) is 0 Å². The number of hydrogen-bond acceptors (Lipinski definition) is 5. The van der Waals surface area contributed by atoms with Gasteiger partial charge in [-0.3, -0.25) is 4.90 Å². The van der Waals surface area contributed by atoms with E-state index in [0.717, 1.165) is 49.5 Å². The summed E-state index contributed by atoms with van der Waals surface area (Å²) in [5, 5.41) is 10.0. The van der Waals surface area contributed by atoms with Gasteiger partial charge in [0.15, 0.2) is 0 Å². The lowest BCUT2D eigenvalue weighted by Gasteiger charge is -2.35. The minimum atomic E-state index is 0. The molecule has 0 amide bonds. The quantitative estimate of drug-likeness (QED) is 0.934. The van der Waals surface area contributed by atoms with E-state index in [9.17, 15) is 0 Å². The van der Waals surface area contributed by atoms with Crippen LogP contribution < -0.4 is 4.90 Å². The monoisotopic (exact) mass is 319 g/mol. The number of rotatable bonds is 3. The first kappa shape index (κ1) is 17.0. The molecule has 2 aromatic rings. The topological polar surface area (TPSA) is 52.7 Å². The smallest absolute Gasteiger partial charge is 0.139 e. The second-order valence-electron chi connectivity index (χ2n) is 4.52. The highest BCUT2D eigenvalue weighted by Crippen LogP contribution is 2.25. The van der Waals surface area contributed by atoms with Gasteiger partial charge in [0.05, 0.1) is 18.3 Å².